The third-order valence-electron chi connectivity index (χ3n) is 6.75. The van der Waals surface area contributed by atoms with Crippen LogP contribution in [0.4, 0.5) is 11.4 Å². The van der Waals surface area contributed by atoms with Gasteiger partial charge in [-0.25, -0.2) is 12.6 Å². The smallest absolute Gasteiger partial charge is 0.245 e. The van der Waals surface area contributed by atoms with E-state index >= 15 is 0 Å². The van der Waals surface area contributed by atoms with Gasteiger partial charge in [0, 0.05) is 17.8 Å². The first-order valence-electron chi connectivity index (χ1n) is 12.4. The quantitative estimate of drug-likeness (QED) is 0.157. The Kier molecular flexibility index (Phi) is 9.03. The number of unbranched alkanes of at least 4 members (excludes halogenated alkanes) is 1. The van der Waals surface area contributed by atoms with Crippen LogP contribution in [0.5, 0.6) is 11.5 Å². The number of anilines is 2. The molecular weight excluding hydrogens is 618 g/mol. The summed E-state index contributed by atoms with van der Waals surface area (Å²) in [5.74, 6) is 0.822. The number of sulfonamides is 1. The Morgan fingerprint density at radius 2 is 1.70 bits per heavy atom. The average Bonchev–Trinajstić information content (AvgIpc) is 2.97. The fourth-order valence-electron chi connectivity index (χ4n) is 5.08. The number of nitrogens with zero attached hydrogens (tertiary/aromatic N) is 2. The number of benzene rings is 3. The highest BCUT2D eigenvalue weighted by Gasteiger charge is 2.50. The molecule has 10 heteroatoms. The third-order valence-corrected chi connectivity index (χ3v) is 10.1. The van der Waals surface area contributed by atoms with Crippen molar-refractivity contribution in [3.63, 3.8) is 0 Å². The fourth-order valence-corrected chi connectivity index (χ4v) is 8.29. The topological polar surface area (TPSA) is 59.1 Å². The van der Waals surface area contributed by atoms with Gasteiger partial charge in [-0.3, -0.25) is 0 Å². The molecule has 3 aromatic carbocycles. The summed E-state index contributed by atoms with van der Waals surface area (Å²) in [7, 11) is -2.45. The molecule has 0 fully saturated rings. The number of hydrogen-bond acceptors (Lipinski definition) is 6. The minimum Gasteiger partial charge on any atom is -0.493 e. The summed E-state index contributed by atoms with van der Waals surface area (Å²) >= 11 is 6.98. The number of para-hydroxylation sites is 1. The van der Waals surface area contributed by atoms with Crippen LogP contribution in [-0.2, 0) is 16.3 Å². The van der Waals surface area contributed by atoms with Gasteiger partial charge in [0.1, 0.15) is 4.90 Å². The normalized spacial score (nSPS) is 19.1. The third kappa shape index (κ3) is 5.77. The van der Waals surface area contributed by atoms with Crippen molar-refractivity contribution in [3.05, 3.63) is 78.4 Å². The molecular formula is C27H32BIN2O4S2. The van der Waals surface area contributed by atoms with Crippen LogP contribution in [0.3, 0.4) is 0 Å². The maximum atomic E-state index is 14.6. The van der Waals surface area contributed by atoms with Crippen LogP contribution in [0, 0.1) is 0 Å². The summed E-state index contributed by atoms with van der Waals surface area (Å²) in [6, 6.07) is 23.2. The van der Waals surface area contributed by atoms with E-state index in [1.165, 1.54) is 0 Å². The number of thiol groups is 1. The van der Waals surface area contributed by atoms with Crippen LogP contribution >= 0.6 is 35.6 Å². The molecule has 0 unspecified atom stereocenters. The second-order valence-corrected chi connectivity index (χ2v) is 12.5. The number of methoxy groups -OCH3 is 1. The summed E-state index contributed by atoms with van der Waals surface area (Å²) in [5.41, 5.74) is 2.51. The lowest BCUT2D eigenvalue weighted by molar-refractivity contribution is 0.374. The Labute approximate surface area is 240 Å². The Balaban J connectivity index is 1.96. The number of fused-ring (bicyclic) bond motifs is 1. The SMILES string of the molecule is CCCC[C@]1(S)CN(c2ccccc2)c2cc(OC)c(OI)cc2S(=O)(=O)N1B(C)Cc1ccccc1. The van der Waals surface area contributed by atoms with E-state index < -0.39 is 14.9 Å². The van der Waals surface area contributed by atoms with Crippen molar-refractivity contribution in [1.29, 1.82) is 0 Å². The fraction of sp³-hybridized carbons (Fsp3) is 0.333. The van der Waals surface area contributed by atoms with Gasteiger partial charge in [0.15, 0.2) is 34.5 Å². The molecule has 4 rings (SSSR count). The molecule has 0 saturated carbocycles. The van der Waals surface area contributed by atoms with Crippen LogP contribution in [0.1, 0.15) is 31.7 Å². The first kappa shape index (κ1) is 28.1. The van der Waals surface area contributed by atoms with Gasteiger partial charge in [0.05, 0.1) is 24.2 Å². The molecule has 0 saturated heterocycles. The zero-order chi connectivity index (χ0) is 26.6. The number of ether oxygens (including phenoxy) is 1. The molecule has 0 aliphatic carbocycles. The van der Waals surface area contributed by atoms with E-state index in [1.54, 1.807) is 46.5 Å². The van der Waals surface area contributed by atoms with E-state index in [1.807, 2.05) is 72.4 Å². The highest BCUT2D eigenvalue weighted by Crippen LogP contribution is 2.48. The predicted molar refractivity (Wildman–Crippen MR) is 163 cm³/mol. The van der Waals surface area contributed by atoms with Crippen molar-refractivity contribution in [1.82, 2.24) is 4.22 Å². The second kappa shape index (κ2) is 11.9. The first-order chi connectivity index (χ1) is 17.7. The average molecular weight is 650 g/mol. The Morgan fingerprint density at radius 3 is 2.30 bits per heavy atom. The minimum absolute atomic E-state index is 0.177. The Morgan fingerprint density at radius 1 is 1.05 bits per heavy atom. The van der Waals surface area contributed by atoms with Gasteiger partial charge in [0.25, 0.3) is 0 Å². The van der Waals surface area contributed by atoms with Crippen LogP contribution in [0.25, 0.3) is 0 Å². The lowest BCUT2D eigenvalue weighted by atomic mass is 9.59. The van der Waals surface area contributed by atoms with E-state index in [2.05, 4.69) is 6.92 Å². The van der Waals surface area contributed by atoms with Crippen molar-refractivity contribution in [2.75, 3.05) is 18.6 Å². The van der Waals surface area contributed by atoms with Crippen LogP contribution in [-0.4, -0.2) is 38.0 Å². The lowest BCUT2D eigenvalue weighted by Crippen LogP contribution is -2.58. The molecule has 0 N–H and O–H groups in total. The number of halogens is 1. The second-order valence-electron chi connectivity index (χ2n) is 9.40. The summed E-state index contributed by atoms with van der Waals surface area (Å²) in [4.78, 5) is 1.26. The molecule has 196 valence electrons. The van der Waals surface area contributed by atoms with Crippen molar-refractivity contribution >= 4 is 63.9 Å². The molecule has 1 aliphatic heterocycles. The largest absolute Gasteiger partial charge is 0.493 e. The molecule has 0 amide bonds. The van der Waals surface area contributed by atoms with Gasteiger partial charge >= 0.3 is 0 Å². The van der Waals surface area contributed by atoms with E-state index in [0.29, 0.717) is 36.5 Å². The van der Waals surface area contributed by atoms with E-state index in [0.717, 1.165) is 24.1 Å². The summed E-state index contributed by atoms with van der Waals surface area (Å²) in [6.07, 6.45) is 2.95. The molecule has 0 aromatic heterocycles. The zero-order valence-electron chi connectivity index (χ0n) is 21.3. The van der Waals surface area contributed by atoms with Gasteiger partial charge < -0.3 is 12.7 Å². The summed E-state index contributed by atoms with van der Waals surface area (Å²) in [5, 5.41) is 0. The molecule has 6 nitrogen and oxygen atoms in total. The van der Waals surface area contributed by atoms with Gasteiger partial charge in [-0.1, -0.05) is 80.7 Å². The van der Waals surface area contributed by atoms with Crippen molar-refractivity contribution in [3.8, 4) is 11.5 Å². The lowest BCUT2D eigenvalue weighted by Gasteiger charge is -2.42. The van der Waals surface area contributed by atoms with Gasteiger partial charge in [-0.15, -0.1) is 0 Å². The molecule has 37 heavy (non-hydrogen) atoms. The molecule has 1 atom stereocenters. The molecule has 0 radical (unpaired) electrons. The van der Waals surface area contributed by atoms with Crippen molar-refractivity contribution in [2.45, 2.75) is 49.1 Å². The monoisotopic (exact) mass is 650 g/mol. The van der Waals surface area contributed by atoms with Crippen LogP contribution < -0.4 is 12.7 Å². The molecule has 3 aromatic rings. The minimum atomic E-state index is -4.00. The Bertz CT molecular complexity index is 1310. The van der Waals surface area contributed by atoms with E-state index in [9.17, 15) is 8.42 Å². The van der Waals surface area contributed by atoms with E-state index in [4.69, 9.17) is 20.4 Å². The van der Waals surface area contributed by atoms with Crippen LogP contribution in [0.2, 0.25) is 6.82 Å². The predicted octanol–water partition coefficient (Wildman–Crippen LogP) is 6.79. The van der Waals surface area contributed by atoms with Crippen molar-refractivity contribution in [2.24, 2.45) is 0 Å². The van der Waals surface area contributed by atoms with Crippen LogP contribution in [0.15, 0.2) is 77.7 Å². The number of hydrogen-bond donors (Lipinski definition) is 1. The van der Waals surface area contributed by atoms with Gasteiger partial charge in [0.2, 0.25) is 16.9 Å². The van der Waals surface area contributed by atoms with Gasteiger partial charge in [-0.05, 0) is 24.9 Å². The molecule has 1 aliphatic rings. The highest BCUT2D eigenvalue weighted by atomic mass is 127. The molecule has 0 bridgehead atoms. The number of rotatable bonds is 9. The Hall–Kier alpha value is -1.89. The summed E-state index contributed by atoms with van der Waals surface area (Å²) < 4.78 is 42.0. The molecule has 0 spiro atoms. The summed E-state index contributed by atoms with van der Waals surface area (Å²) in [6.45, 7) is 4.12. The first-order valence-corrected chi connectivity index (χ1v) is 15.2. The van der Waals surface area contributed by atoms with Gasteiger partial charge in [-0.2, -0.15) is 12.6 Å². The standard InChI is InChI=1S/C27H32BIN2O4S2/c1-4-5-16-27(36)20-30(22-14-10-7-11-15-22)23-17-24(34-3)25(35-29)18-26(23)37(32,33)31(27)28(2)19-21-12-8-6-9-13-21/h6-15,17-18,36H,4-5,16,19-20H2,1-3H3/t27-/m0/s1. The maximum absolute atomic E-state index is 14.6. The molecule has 1 heterocycles. The zero-order valence-corrected chi connectivity index (χ0v) is 25.2. The highest BCUT2D eigenvalue weighted by molar-refractivity contribution is 14.1. The van der Waals surface area contributed by atoms with E-state index in [-0.39, 0.29) is 11.7 Å². The maximum Gasteiger partial charge on any atom is 0.245 e. The van der Waals surface area contributed by atoms with Crippen molar-refractivity contribution < 1.29 is 16.2 Å².